The highest BCUT2D eigenvalue weighted by Crippen LogP contribution is 2.30. The van der Waals surface area contributed by atoms with Crippen LogP contribution in [0.25, 0.3) is 0 Å². The molecule has 106 valence electrons. The van der Waals surface area contributed by atoms with E-state index in [1.807, 2.05) is 27.7 Å². The van der Waals surface area contributed by atoms with Crippen molar-refractivity contribution in [3.8, 4) is 11.6 Å². The van der Waals surface area contributed by atoms with Crippen LogP contribution in [0.15, 0.2) is 24.3 Å². The number of aromatic nitrogens is 2. The number of ether oxygens (including phenoxy) is 1. The minimum absolute atomic E-state index is 0.199. The number of nitrogens with zero attached hydrogens (tertiary/aromatic N) is 2. The van der Waals surface area contributed by atoms with Gasteiger partial charge in [0.25, 0.3) is 0 Å². The number of hydrogen-bond acceptors (Lipinski definition) is 3. The summed E-state index contributed by atoms with van der Waals surface area (Å²) >= 11 is 12.0. The van der Waals surface area contributed by atoms with Crippen LogP contribution in [0.5, 0.6) is 11.6 Å². The lowest BCUT2D eigenvalue weighted by molar-refractivity contribution is 0.442. The highest BCUT2D eigenvalue weighted by molar-refractivity contribution is 6.30. The van der Waals surface area contributed by atoms with Gasteiger partial charge in [-0.15, -0.1) is 0 Å². The summed E-state index contributed by atoms with van der Waals surface area (Å²) in [6, 6.07) is 7.10. The molecule has 0 unspecified atom stereocenters. The zero-order chi connectivity index (χ0) is 14.9. The van der Waals surface area contributed by atoms with Crippen LogP contribution in [0.2, 0.25) is 10.2 Å². The standard InChI is InChI=1S/C15H16Cl2N2O/c1-9-12(17)18-14(15(2,3)4)19-13(9)20-11-7-5-10(16)6-8-11/h5-8H,1-4H3. The van der Waals surface area contributed by atoms with Crippen LogP contribution in [-0.4, -0.2) is 9.97 Å². The molecule has 0 aliphatic rings. The van der Waals surface area contributed by atoms with Crippen LogP contribution in [0.1, 0.15) is 32.2 Å². The second kappa shape index (κ2) is 5.58. The third kappa shape index (κ3) is 3.41. The fraction of sp³-hybridized carbons (Fsp3) is 0.333. The first-order valence-electron chi connectivity index (χ1n) is 6.25. The van der Waals surface area contributed by atoms with E-state index in [2.05, 4.69) is 9.97 Å². The zero-order valence-electron chi connectivity index (χ0n) is 11.9. The fourth-order valence-corrected chi connectivity index (χ4v) is 1.81. The maximum absolute atomic E-state index is 6.16. The van der Waals surface area contributed by atoms with E-state index in [0.29, 0.717) is 27.6 Å². The Morgan fingerprint density at radius 1 is 1.00 bits per heavy atom. The van der Waals surface area contributed by atoms with Crippen molar-refractivity contribution in [1.82, 2.24) is 9.97 Å². The summed E-state index contributed by atoms with van der Waals surface area (Å²) < 4.78 is 5.79. The maximum Gasteiger partial charge on any atom is 0.227 e. The summed E-state index contributed by atoms with van der Waals surface area (Å²) in [6.45, 7) is 7.92. The van der Waals surface area contributed by atoms with E-state index in [1.165, 1.54) is 0 Å². The Labute approximate surface area is 128 Å². The van der Waals surface area contributed by atoms with Crippen LogP contribution < -0.4 is 4.74 Å². The minimum Gasteiger partial charge on any atom is -0.439 e. The first-order chi connectivity index (χ1) is 9.27. The number of halogens is 2. The average molecular weight is 311 g/mol. The molecule has 20 heavy (non-hydrogen) atoms. The van der Waals surface area contributed by atoms with Crippen LogP contribution >= 0.6 is 23.2 Å². The summed E-state index contributed by atoms with van der Waals surface area (Å²) in [5, 5.41) is 1.07. The van der Waals surface area contributed by atoms with Gasteiger partial charge in [0.2, 0.25) is 5.88 Å². The van der Waals surface area contributed by atoms with Crippen molar-refractivity contribution in [3.63, 3.8) is 0 Å². The predicted molar refractivity (Wildman–Crippen MR) is 82.0 cm³/mol. The summed E-state index contributed by atoms with van der Waals surface area (Å²) in [6.07, 6.45) is 0. The normalized spacial score (nSPS) is 11.5. The molecule has 0 radical (unpaired) electrons. The van der Waals surface area contributed by atoms with Gasteiger partial charge in [-0.25, -0.2) is 4.98 Å². The van der Waals surface area contributed by atoms with Gasteiger partial charge in [0.05, 0.1) is 0 Å². The molecule has 2 aromatic rings. The van der Waals surface area contributed by atoms with Crippen molar-refractivity contribution < 1.29 is 4.74 Å². The molecule has 0 fully saturated rings. The van der Waals surface area contributed by atoms with E-state index >= 15 is 0 Å². The summed E-state index contributed by atoms with van der Waals surface area (Å²) in [5.74, 6) is 1.78. The lowest BCUT2D eigenvalue weighted by atomic mass is 9.96. The predicted octanol–water partition coefficient (Wildman–Crippen LogP) is 5.18. The quantitative estimate of drug-likeness (QED) is 0.717. The SMILES string of the molecule is Cc1c(Cl)nc(C(C)(C)C)nc1Oc1ccc(Cl)cc1. The van der Waals surface area contributed by atoms with Crippen LogP contribution in [-0.2, 0) is 5.41 Å². The molecule has 1 heterocycles. The molecule has 2 rings (SSSR count). The van der Waals surface area contributed by atoms with Crippen molar-refractivity contribution in [3.05, 3.63) is 45.8 Å². The van der Waals surface area contributed by atoms with E-state index in [4.69, 9.17) is 27.9 Å². The molecule has 0 spiro atoms. The molecule has 0 saturated heterocycles. The van der Waals surface area contributed by atoms with Gasteiger partial charge >= 0.3 is 0 Å². The Kier molecular flexibility index (Phi) is 4.21. The third-order valence-corrected chi connectivity index (χ3v) is 3.36. The van der Waals surface area contributed by atoms with Gasteiger partial charge in [-0.3, -0.25) is 0 Å². The van der Waals surface area contributed by atoms with E-state index in [-0.39, 0.29) is 5.41 Å². The third-order valence-electron chi connectivity index (χ3n) is 2.74. The van der Waals surface area contributed by atoms with Gasteiger partial charge < -0.3 is 4.74 Å². The molecule has 0 amide bonds. The monoisotopic (exact) mass is 310 g/mol. The van der Waals surface area contributed by atoms with Crippen molar-refractivity contribution in [1.29, 1.82) is 0 Å². The number of benzene rings is 1. The van der Waals surface area contributed by atoms with E-state index in [0.717, 1.165) is 5.56 Å². The fourth-order valence-electron chi connectivity index (χ4n) is 1.52. The maximum atomic E-state index is 6.16. The van der Waals surface area contributed by atoms with Gasteiger partial charge in [0, 0.05) is 16.0 Å². The Bertz CT molecular complexity index is 619. The van der Waals surface area contributed by atoms with Gasteiger partial charge in [-0.2, -0.15) is 4.98 Å². The van der Waals surface area contributed by atoms with Gasteiger partial charge in [-0.05, 0) is 31.2 Å². The molecule has 0 atom stereocenters. The van der Waals surface area contributed by atoms with Crippen molar-refractivity contribution >= 4 is 23.2 Å². The molecular formula is C15H16Cl2N2O. The number of rotatable bonds is 2. The largest absolute Gasteiger partial charge is 0.439 e. The van der Waals surface area contributed by atoms with E-state index in [1.54, 1.807) is 24.3 Å². The lowest BCUT2D eigenvalue weighted by Crippen LogP contribution is -2.17. The molecule has 3 nitrogen and oxygen atoms in total. The lowest BCUT2D eigenvalue weighted by Gasteiger charge is -2.18. The average Bonchev–Trinajstić information content (AvgIpc) is 2.36. The summed E-state index contributed by atoms with van der Waals surface area (Å²) in [5.41, 5.74) is 0.518. The van der Waals surface area contributed by atoms with Crippen molar-refractivity contribution in [2.75, 3.05) is 0 Å². The van der Waals surface area contributed by atoms with E-state index < -0.39 is 0 Å². The highest BCUT2D eigenvalue weighted by Gasteiger charge is 2.21. The highest BCUT2D eigenvalue weighted by atomic mass is 35.5. The van der Waals surface area contributed by atoms with Crippen LogP contribution in [0.3, 0.4) is 0 Å². The van der Waals surface area contributed by atoms with Crippen LogP contribution in [0, 0.1) is 6.92 Å². The molecule has 0 aliphatic carbocycles. The Morgan fingerprint density at radius 3 is 2.15 bits per heavy atom. The Balaban J connectivity index is 2.40. The molecule has 0 saturated carbocycles. The van der Waals surface area contributed by atoms with Crippen molar-refractivity contribution in [2.24, 2.45) is 0 Å². The summed E-state index contributed by atoms with van der Waals surface area (Å²) in [4.78, 5) is 8.78. The smallest absolute Gasteiger partial charge is 0.227 e. The Hall–Kier alpha value is -1.32. The topological polar surface area (TPSA) is 35.0 Å². The second-order valence-electron chi connectivity index (χ2n) is 5.57. The van der Waals surface area contributed by atoms with Crippen molar-refractivity contribution in [2.45, 2.75) is 33.1 Å². The molecule has 0 N–H and O–H groups in total. The Morgan fingerprint density at radius 2 is 1.60 bits per heavy atom. The molecule has 5 heteroatoms. The van der Waals surface area contributed by atoms with E-state index in [9.17, 15) is 0 Å². The summed E-state index contributed by atoms with van der Waals surface area (Å²) in [7, 11) is 0. The van der Waals surface area contributed by atoms with Gasteiger partial charge in [0.15, 0.2) is 0 Å². The zero-order valence-corrected chi connectivity index (χ0v) is 13.4. The number of hydrogen-bond donors (Lipinski definition) is 0. The molecule has 1 aromatic carbocycles. The first-order valence-corrected chi connectivity index (χ1v) is 7.01. The van der Waals surface area contributed by atoms with Gasteiger partial charge in [-0.1, -0.05) is 44.0 Å². The van der Waals surface area contributed by atoms with Crippen LogP contribution in [0.4, 0.5) is 0 Å². The second-order valence-corrected chi connectivity index (χ2v) is 6.37. The molecule has 1 aromatic heterocycles. The molecule has 0 aliphatic heterocycles. The molecule has 0 bridgehead atoms. The first kappa shape index (κ1) is 15.1. The van der Waals surface area contributed by atoms with Gasteiger partial charge in [0.1, 0.15) is 16.7 Å². The minimum atomic E-state index is -0.199. The molecular weight excluding hydrogens is 295 g/mol.